The molecular weight excluding hydrogens is 322 g/mol. The molecule has 1 aromatic heterocycles. The highest BCUT2D eigenvalue weighted by Gasteiger charge is 2.31. The van der Waals surface area contributed by atoms with Crippen LogP contribution >= 0.6 is 11.8 Å². The molecule has 1 heterocycles. The van der Waals surface area contributed by atoms with Gasteiger partial charge in [-0.15, -0.1) is 10.2 Å². The summed E-state index contributed by atoms with van der Waals surface area (Å²) in [6.45, 7) is 7.29. The summed E-state index contributed by atoms with van der Waals surface area (Å²) in [5, 5.41) is 20.6. The van der Waals surface area contributed by atoms with E-state index < -0.39 is 10.7 Å². The molecule has 1 N–H and O–H groups in total. The fraction of sp³-hybridized carbons (Fsp3) is 0.278. The summed E-state index contributed by atoms with van der Waals surface area (Å²) in [5.74, 6) is -0.152. The minimum Gasteiger partial charge on any atom is -0.480 e. The molecular formula is C18H19N3O2S. The number of thioether (sulfide) groups is 1. The Kier molecular flexibility index (Phi) is 4.09. The van der Waals surface area contributed by atoms with Crippen LogP contribution < -0.4 is 0 Å². The van der Waals surface area contributed by atoms with Crippen molar-refractivity contribution < 1.29 is 9.90 Å². The highest BCUT2D eigenvalue weighted by atomic mass is 32.2. The smallest absolute Gasteiger partial charge is 0.319 e. The molecule has 24 heavy (non-hydrogen) atoms. The molecule has 0 aliphatic rings. The minimum atomic E-state index is -0.988. The third-order valence-electron chi connectivity index (χ3n) is 4.02. The van der Waals surface area contributed by atoms with Gasteiger partial charge in [-0.3, -0.25) is 9.36 Å². The highest BCUT2D eigenvalue weighted by Crippen LogP contribution is 2.35. The van der Waals surface area contributed by atoms with E-state index in [1.54, 1.807) is 13.8 Å². The van der Waals surface area contributed by atoms with Crippen LogP contribution in [0.2, 0.25) is 0 Å². The molecule has 0 saturated carbocycles. The van der Waals surface area contributed by atoms with Crippen molar-refractivity contribution in [2.45, 2.75) is 37.6 Å². The molecule has 5 nitrogen and oxygen atoms in total. The Morgan fingerprint density at radius 2 is 1.75 bits per heavy atom. The Hall–Kier alpha value is -2.34. The number of benzene rings is 2. The van der Waals surface area contributed by atoms with Crippen molar-refractivity contribution in [2.24, 2.45) is 0 Å². The van der Waals surface area contributed by atoms with Crippen LogP contribution in [0.15, 0.2) is 41.6 Å². The van der Waals surface area contributed by atoms with Gasteiger partial charge < -0.3 is 5.11 Å². The number of nitrogens with zero attached hydrogens (tertiary/aromatic N) is 3. The summed E-state index contributed by atoms with van der Waals surface area (Å²) in [5.41, 5.74) is 2.16. The second-order valence-electron chi connectivity index (χ2n) is 6.23. The van der Waals surface area contributed by atoms with Crippen LogP contribution in [0.3, 0.4) is 0 Å². The number of carboxylic acid groups (broad SMARTS) is 1. The molecule has 0 spiro atoms. The van der Waals surface area contributed by atoms with Crippen molar-refractivity contribution in [1.29, 1.82) is 0 Å². The van der Waals surface area contributed by atoms with Crippen LogP contribution in [0.1, 0.15) is 25.2 Å². The van der Waals surface area contributed by atoms with E-state index in [0.717, 1.165) is 22.3 Å². The Bertz CT molecular complexity index is 931. The van der Waals surface area contributed by atoms with Gasteiger partial charge in [0.05, 0.1) is 5.69 Å². The van der Waals surface area contributed by atoms with Gasteiger partial charge in [0.1, 0.15) is 10.6 Å². The number of carboxylic acids is 1. The molecule has 6 heteroatoms. The summed E-state index contributed by atoms with van der Waals surface area (Å²) in [6.07, 6.45) is 0. The molecule has 0 saturated heterocycles. The van der Waals surface area contributed by atoms with E-state index in [9.17, 15) is 9.90 Å². The molecule has 3 aromatic rings. The summed E-state index contributed by atoms with van der Waals surface area (Å²) in [7, 11) is 0. The van der Waals surface area contributed by atoms with Crippen molar-refractivity contribution in [1.82, 2.24) is 14.8 Å². The first-order valence-electron chi connectivity index (χ1n) is 7.64. The first-order chi connectivity index (χ1) is 11.3. The van der Waals surface area contributed by atoms with E-state index >= 15 is 0 Å². The summed E-state index contributed by atoms with van der Waals surface area (Å²) in [6, 6.07) is 12.3. The lowest BCUT2D eigenvalue weighted by Crippen LogP contribution is -2.27. The van der Waals surface area contributed by atoms with Crippen LogP contribution in [0.25, 0.3) is 16.5 Å². The lowest BCUT2D eigenvalue weighted by Gasteiger charge is -2.19. The van der Waals surface area contributed by atoms with Gasteiger partial charge in [-0.2, -0.15) is 0 Å². The normalized spacial score (nSPS) is 11.8. The second kappa shape index (κ2) is 5.94. The van der Waals surface area contributed by atoms with Gasteiger partial charge in [-0.1, -0.05) is 42.1 Å². The van der Waals surface area contributed by atoms with Crippen LogP contribution in [0.5, 0.6) is 0 Å². The lowest BCUT2D eigenvalue weighted by atomic mass is 10.0. The molecule has 0 fully saturated rings. The minimum absolute atomic E-state index is 0.578. The number of rotatable bonds is 4. The third kappa shape index (κ3) is 2.78. The van der Waals surface area contributed by atoms with Gasteiger partial charge in [0.2, 0.25) is 0 Å². The van der Waals surface area contributed by atoms with Gasteiger partial charge in [0, 0.05) is 5.39 Å². The van der Waals surface area contributed by atoms with E-state index in [-0.39, 0.29) is 0 Å². The van der Waals surface area contributed by atoms with E-state index in [1.807, 2.05) is 29.7 Å². The van der Waals surface area contributed by atoms with E-state index in [4.69, 9.17) is 0 Å². The van der Waals surface area contributed by atoms with E-state index in [2.05, 4.69) is 35.3 Å². The van der Waals surface area contributed by atoms with E-state index in [0.29, 0.717) is 5.16 Å². The monoisotopic (exact) mass is 341 g/mol. The SMILES string of the molecule is Cc1ccc(-n2c(C)nnc2SC(C)(C)C(=O)O)c2ccccc12. The first-order valence-corrected chi connectivity index (χ1v) is 8.46. The Labute approximate surface area is 144 Å². The molecule has 2 aromatic carbocycles. The maximum absolute atomic E-state index is 11.5. The molecule has 0 amide bonds. The van der Waals surface area contributed by atoms with Gasteiger partial charge in [-0.05, 0) is 44.7 Å². The number of fused-ring (bicyclic) bond motifs is 1. The van der Waals surface area contributed by atoms with E-state index in [1.165, 1.54) is 17.3 Å². The average molecular weight is 341 g/mol. The Balaban J connectivity index is 2.20. The number of carbonyl (C=O) groups is 1. The third-order valence-corrected chi connectivity index (χ3v) is 5.15. The van der Waals surface area contributed by atoms with Gasteiger partial charge in [0.15, 0.2) is 5.16 Å². The largest absolute Gasteiger partial charge is 0.480 e. The predicted octanol–water partition coefficient (Wildman–Crippen LogP) is 3.99. The van der Waals surface area contributed by atoms with Crippen molar-refractivity contribution in [3.8, 4) is 5.69 Å². The van der Waals surface area contributed by atoms with Gasteiger partial charge >= 0.3 is 5.97 Å². The average Bonchev–Trinajstić information content (AvgIpc) is 2.88. The predicted molar refractivity (Wildman–Crippen MR) is 95.9 cm³/mol. The number of hydrogen-bond acceptors (Lipinski definition) is 4. The number of aromatic nitrogens is 3. The molecule has 0 radical (unpaired) electrons. The van der Waals surface area contributed by atoms with Gasteiger partial charge in [-0.25, -0.2) is 0 Å². The Morgan fingerprint density at radius 3 is 2.42 bits per heavy atom. The molecule has 0 aliphatic heterocycles. The van der Waals surface area contributed by atoms with Crippen LogP contribution in [-0.2, 0) is 4.79 Å². The molecule has 3 rings (SSSR count). The lowest BCUT2D eigenvalue weighted by molar-refractivity contribution is -0.138. The fourth-order valence-corrected chi connectivity index (χ4v) is 3.53. The topological polar surface area (TPSA) is 68.0 Å². The Morgan fingerprint density at radius 1 is 1.08 bits per heavy atom. The molecule has 124 valence electrons. The van der Waals surface area contributed by atoms with Crippen molar-refractivity contribution in [3.05, 3.63) is 47.8 Å². The second-order valence-corrected chi connectivity index (χ2v) is 7.82. The standard InChI is InChI=1S/C18H19N3O2S/c1-11-9-10-15(14-8-6-5-7-13(11)14)21-12(2)19-20-17(21)24-18(3,4)16(22)23/h5-10H,1-4H3,(H,22,23). The number of aliphatic carboxylic acids is 1. The number of hydrogen-bond donors (Lipinski definition) is 1. The maximum atomic E-state index is 11.5. The first kappa shape index (κ1) is 16.5. The zero-order valence-electron chi connectivity index (χ0n) is 14.1. The fourth-order valence-electron chi connectivity index (χ4n) is 2.59. The summed E-state index contributed by atoms with van der Waals surface area (Å²) < 4.78 is 0.939. The van der Waals surface area contributed by atoms with Crippen LogP contribution in [-0.4, -0.2) is 30.6 Å². The molecule has 0 bridgehead atoms. The zero-order valence-corrected chi connectivity index (χ0v) is 14.9. The molecule has 0 aliphatic carbocycles. The molecule has 0 atom stereocenters. The quantitative estimate of drug-likeness (QED) is 0.727. The molecule has 0 unspecified atom stereocenters. The van der Waals surface area contributed by atoms with Crippen molar-refractivity contribution >= 4 is 28.5 Å². The highest BCUT2D eigenvalue weighted by molar-refractivity contribution is 8.01. The van der Waals surface area contributed by atoms with Crippen LogP contribution in [0, 0.1) is 13.8 Å². The van der Waals surface area contributed by atoms with Crippen LogP contribution in [0.4, 0.5) is 0 Å². The summed E-state index contributed by atoms with van der Waals surface area (Å²) >= 11 is 1.20. The van der Waals surface area contributed by atoms with Crippen molar-refractivity contribution in [3.63, 3.8) is 0 Å². The maximum Gasteiger partial charge on any atom is 0.319 e. The zero-order chi connectivity index (χ0) is 17.5. The van der Waals surface area contributed by atoms with Crippen molar-refractivity contribution in [2.75, 3.05) is 0 Å². The summed E-state index contributed by atoms with van der Waals surface area (Å²) in [4.78, 5) is 11.5. The number of aryl methyl sites for hydroxylation is 2. The van der Waals surface area contributed by atoms with Gasteiger partial charge in [0.25, 0.3) is 0 Å².